The first-order valence-electron chi connectivity index (χ1n) is 6.53. The van der Waals surface area contributed by atoms with Gasteiger partial charge in [-0.15, -0.1) is 6.58 Å². The molecule has 0 saturated heterocycles. The standard InChI is InChI=1S/C16H21NO3/c1-5-10-17-13(4)11-16(18)20-15-9-7-6-8-14(15)19-12(2)3/h5-9,11-12,17H,1,10H2,2-4H3. The van der Waals surface area contributed by atoms with Crippen molar-refractivity contribution in [2.75, 3.05) is 6.54 Å². The lowest BCUT2D eigenvalue weighted by Gasteiger charge is -2.13. The van der Waals surface area contributed by atoms with E-state index in [0.29, 0.717) is 18.0 Å². The molecule has 1 rings (SSSR count). The fraction of sp³-hybridized carbons (Fsp3) is 0.312. The lowest BCUT2D eigenvalue weighted by molar-refractivity contribution is -0.129. The van der Waals surface area contributed by atoms with Crippen molar-refractivity contribution in [1.29, 1.82) is 0 Å². The monoisotopic (exact) mass is 275 g/mol. The van der Waals surface area contributed by atoms with Crippen molar-refractivity contribution >= 4 is 5.97 Å². The lowest BCUT2D eigenvalue weighted by atomic mass is 10.3. The molecular weight excluding hydrogens is 254 g/mol. The summed E-state index contributed by atoms with van der Waals surface area (Å²) < 4.78 is 10.9. The number of hydrogen-bond donors (Lipinski definition) is 1. The maximum absolute atomic E-state index is 11.8. The van der Waals surface area contributed by atoms with E-state index in [2.05, 4.69) is 11.9 Å². The Morgan fingerprint density at radius 3 is 2.60 bits per heavy atom. The molecule has 0 amide bonds. The number of rotatable bonds is 7. The molecule has 1 N–H and O–H groups in total. The molecule has 0 spiro atoms. The van der Waals surface area contributed by atoms with Gasteiger partial charge < -0.3 is 14.8 Å². The molecule has 4 nitrogen and oxygen atoms in total. The van der Waals surface area contributed by atoms with E-state index in [4.69, 9.17) is 9.47 Å². The third-order valence-corrected chi connectivity index (χ3v) is 2.28. The minimum atomic E-state index is -0.445. The van der Waals surface area contributed by atoms with Crippen LogP contribution in [0.1, 0.15) is 20.8 Å². The highest BCUT2D eigenvalue weighted by Gasteiger charge is 2.09. The third-order valence-electron chi connectivity index (χ3n) is 2.28. The van der Waals surface area contributed by atoms with Gasteiger partial charge in [0.25, 0.3) is 0 Å². The van der Waals surface area contributed by atoms with Crippen LogP contribution < -0.4 is 14.8 Å². The fourth-order valence-electron chi connectivity index (χ4n) is 1.48. The molecule has 1 aromatic carbocycles. The lowest BCUT2D eigenvalue weighted by Crippen LogP contribution is -2.14. The minimum absolute atomic E-state index is 0.0152. The smallest absolute Gasteiger partial charge is 0.338 e. The highest BCUT2D eigenvalue weighted by Crippen LogP contribution is 2.27. The second-order valence-electron chi connectivity index (χ2n) is 4.53. The SMILES string of the molecule is C=CCNC(C)=CC(=O)Oc1ccccc1OC(C)C. The van der Waals surface area contributed by atoms with Gasteiger partial charge in [-0.1, -0.05) is 18.2 Å². The van der Waals surface area contributed by atoms with Crippen LogP contribution in [-0.2, 0) is 4.79 Å². The molecule has 0 fully saturated rings. The molecular formula is C16H21NO3. The third kappa shape index (κ3) is 5.61. The Morgan fingerprint density at radius 1 is 1.35 bits per heavy atom. The second-order valence-corrected chi connectivity index (χ2v) is 4.53. The molecule has 20 heavy (non-hydrogen) atoms. The van der Waals surface area contributed by atoms with Gasteiger partial charge in [-0.25, -0.2) is 4.79 Å². The van der Waals surface area contributed by atoms with Crippen molar-refractivity contribution < 1.29 is 14.3 Å². The predicted octanol–water partition coefficient (Wildman–Crippen LogP) is 3.06. The largest absolute Gasteiger partial charge is 0.487 e. The molecule has 0 unspecified atom stereocenters. The number of para-hydroxylation sites is 2. The van der Waals surface area contributed by atoms with Crippen LogP contribution >= 0.6 is 0 Å². The average Bonchev–Trinajstić information content (AvgIpc) is 2.38. The number of carbonyl (C=O) groups is 1. The van der Waals surface area contributed by atoms with Crippen molar-refractivity contribution in [2.24, 2.45) is 0 Å². The van der Waals surface area contributed by atoms with Gasteiger partial charge in [0.05, 0.1) is 6.10 Å². The average molecular weight is 275 g/mol. The number of allylic oxidation sites excluding steroid dienone is 1. The van der Waals surface area contributed by atoms with E-state index < -0.39 is 5.97 Å². The van der Waals surface area contributed by atoms with Gasteiger partial charge >= 0.3 is 5.97 Å². The van der Waals surface area contributed by atoms with Gasteiger partial charge in [0.2, 0.25) is 0 Å². The summed E-state index contributed by atoms with van der Waals surface area (Å²) in [5.41, 5.74) is 0.720. The molecule has 0 aromatic heterocycles. The Bertz CT molecular complexity index is 492. The molecule has 0 aliphatic rings. The summed E-state index contributed by atoms with van der Waals surface area (Å²) in [5, 5.41) is 3.01. The van der Waals surface area contributed by atoms with Gasteiger partial charge in [-0.3, -0.25) is 0 Å². The van der Waals surface area contributed by atoms with Crippen molar-refractivity contribution in [3.8, 4) is 11.5 Å². The van der Waals surface area contributed by atoms with Crippen molar-refractivity contribution in [3.05, 3.63) is 48.7 Å². The topological polar surface area (TPSA) is 47.6 Å². The molecule has 0 atom stereocenters. The van der Waals surface area contributed by atoms with Crippen LogP contribution in [0, 0.1) is 0 Å². The predicted molar refractivity (Wildman–Crippen MR) is 79.8 cm³/mol. The van der Waals surface area contributed by atoms with E-state index in [-0.39, 0.29) is 6.10 Å². The first-order valence-corrected chi connectivity index (χ1v) is 6.53. The summed E-state index contributed by atoms with van der Waals surface area (Å²) in [5.74, 6) is 0.527. The van der Waals surface area contributed by atoms with Crippen LogP contribution in [0.15, 0.2) is 48.7 Å². The normalized spacial score (nSPS) is 11.1. The summed E-state index contributed by atoms with van der Waals surface area (Å²) in [6, 6.07) is 7.11. The van der Waals surface area contributed by atoms with Crippen LogP contribution in [0.25, 0.3) is 0 Å². The van der Waals surface area contributed by atoms with E-state index in [1.807, 2.05) is 19.9 Å². The van der Waals surface area contributed by atoms with Crippen LogP contribution in [0.5, 0.6) is 11.5 Å². The van der Waals surface area contributed by atoms with E-state index in [1.54, 1.807) is 31.2 Å². The molecule has 4 heteroatoms. The molecule has 0 bridgehead atoms. The van der Waals surface area contributed by atoms with Gasteiger partial charge in [0.15, 0.2) is 11.5 Å². The second kappa shape index (κ2) is 8.04. The van der Waals surface area contributed by atoms with Gasteiger partial charge in [-0.05, 0) is 32.9 Å². The van der Waals surface area contributed by atoms with Gasteiger partial charge in [0, 0.05) is 18.3 Å². The Balaban J connectivity index is 2.72. The molecule has 0 saturated carbocycles. The van der Waals surface area contributed by atoms with E-state index >= 15 is 0 Å². The highest BCUT2D eigenvalue weighted by molar-refractivity contribution is 5.85. The van der Waals surface area contributed by atoms with Gasteiger partial charge in [0.1, 0.15) is 0 Å². The molecule has 0 aliphatic carbocycles. The number of nitrogens with one attached hydrogen (secondary N) is 1. The Morgan fingerprint density at radius 2 is 2.00 bits per heavy atom. The first-order chi connectivity index (χ1) is 9.52. The zero-order valence-electron chi connectivity index (χ0n) is 12.2. The summed E-state index contributed by atoms with van der Waals surface area (Å²) in [4.78, 5) is 11.8. The number of hydrogen-bond acceptors (Lipinski definition) is 4. The number of esters is 1. The summed E-state index contributed by atoms with van der Waals surface area (Å²) in [6.07, 6.45) is 3.13. The Kier molecular flexibility index (Phi) is 6.37. The highest BCUT2D eigenvalue weighted by atomic mass is 16.6. The van der Waals surface area contributed by atoms with Crippen LogP contribution in [-0.4, -0.2) is 18.6 Å². The number of ether oxygens (including phenoxy) is 2. The van der Waals surface area contributed by atoms with Crippen LogP contribution in [0.4, 0.5) is 0 Å². The van der Waals surface area contributed by atoms with Crippen molar-refractivity contribution in [1.82, 2.24) is 5.32 Å². The zero-order chi connectivity index (χ0) is 15.0. The van der Waals surface area contributed by atoms with E-state index in [0.717, 1.165) is 5.70 Å². The maximum atomic E-state index is 11.8. The van der Waals surface area contributed by atoms with E-state index in [9.17, 15) is 4.79 Å². The Labute approximate surface area is 120 Å². The molecule has 0 aliphatic heterocycles. The zero-order valence-corrected chi connectivity index (χ0v) is 12.2. The van der Waals surface area contributed by atoms with Crippen molar-refractivity contribution in [3.63, 3.8) is 0 Å². The number of carbonyl (C=O) groups excluding carboxylic acids is 1. The fourth-order valence-corrected chi connectivity index (χ4v) is 1.48. The molecule has 108 valence electrons. The summed E-state index contributed by atoms with van der Waals surface area (Å²) in [6.45, 7) is 9.83. The summed E-state index contributed by atoms with van der Waals surface area (Å²) in [7, 11) is 0. The van der Waals surface area contributed by atoms with Gasteiger partial charge in [-0.2, -0.15) is 0 Å². The molecule has 0 radical (unpaired) electrons. The first kappa shape index (κ1) is 15.8. The number of benzene rings is 1. The van der Waals surface area contributed by atoms with E-state index in [1.165, 1.54) is 6.08 Å². The summed E-state index contributed by atoms with van der Waals surface area (Å²) >= 11 is 0. The maximum Gasteiger partial charge on any atom is 0.338 e. The van der Waals surface area contributed by atoms with Crippen molar-refractivity contribution in [2.45, 2.75) is 26.9 Å². The quantitative estimate of drug-likeness (QED) is 0.359. The minimum Gasteiger partial charge on any atom is -0.487 e. The molecule has 0 heterocycles. The Hall–Kier alpha value is -2.23. The van der Waals surface area contributed by atoms with Crippen LogP contribution in [0.3, 0.4) is 0 Å². The van der Waals surface area contributed by atoms with Crippen LogP contribution in [0.2, 0.25) is 0 Å². The molecule has 1 aromatic rings.